The molecule has 0 aliphatic carbocycles. The number of rotatable bonds is 4. The minimum Gasteiger partial charge on any atom is -0.353 e. The zero-order chi connectivity index (χ0) is 10.4. The van der Waals surface area contributed by atoms with Crippen molar-refractivity contribution in [1.82, 2.24) is 5.32 Å². The zero-order valence-electron chi connectivity index (χ0n) is 8.16. The van der Waals surface area contributed by atoms with E-state index < -0.39 is 12.6 Å². The SMILES string of the molecule is C[C@H](CNC(=O)CF)c1ccccc1. The highest BCUT2D eigenvalue weighted by atomic mass is 19.1. The monoisotopic (exact) mass is 195 g/mol. The molecule has 0 aliphatic rings. The molecule has 0 aromatic heterocycles. The molecule has 3 heteroatoms. The first kappa shape index (κ1) is 10.7. The van der Waals surface area contributed by atoms with Gasteiger partial charge in [-0.2, -0.15) is 0 Å². The first-order chi connectivity index (χ1) is 6.74. The Morgan fingerprint density at radius 3 is 2.64 bits per heavy atom. The van der Waals surface area contributed by atoms with E-state index in [-0.39, 0.29) is 5.92 Å². The summed E-state index contributed by atoms with van der Waals surface area (Å²) in [5.74, 6) is -0.334. The summed E-state index contributed by atoms with van der Waals surface area (Å²) < 4.78 is 11.8. The van der Waals surface area contributed by atoms with E-state index >= 15 is 0 Å². The lowest BCUT2D eigenvalue weighted by atomic mass is 10.0. The van der Waals surface area contributed by atoms with Gasteiger partial charge in [-0.3, -0.25) is 4.79 Å². The third-order valence-electron chi connectivity index (χ3n) is 2.10. The van der Waals surface area contributed by atoms with Gasteiger partial charge in [0.2, 0.25) is 0 Å². The molecule has 0 spiro atoms. The molecule has 1 atom stereocenters. The van der Waals surface area contributed by atoms with Gasteiger partial charge in [-0.05, 0) is 11.5 Å². The van der Waals surface area contributed by atoms with Crippen LogP contribution in [-0.2, 0) is 4.79 Å². The molecule has 0 aliphatic heterocycles. The van der Waals surface area contributed by atoms with Gasteiger partial charge >= 0.3 is 0 Å². The standard InChI is InChI=1S/C11H14FNO/c1-9(8-13-11(14)7-12)10-5-3-2-4-6-10/h2-6,9H,7-8H2,1H3,(H,13,14)/t9-/m1/s1. The molecule has 0 radical (unpaired) electrons. The Kier molecular flexibility index (Phi) is 4.11. The summed E-state index contributed by atoms with van der Waals surface area (Å²) in [6.45, 7) is 1.53. The summed E-state index contributed by atoms with van der Waals surface area (Å²) in [5.41, 5.74) is 1.15. The molecule has 0 fully saturated rings. The summed E-state index contributed by atoms with van der Waals surface area (Å²) >= 11 is 0. The second kappa shape index (κ2) is 5.37. The molecule has 1 amide bonds. The minimum absolute atomic E-state index is 0.215. The van der Waals surface area contributed by atoms with Crippen molar-refractivity contribution in [1.29, 1.82) is 0 Å². The first-order valence-electron chi connectivity index (χ1n) is 4.61. The molecule has 1 rings (SSSR count). The van der Waals surface area contributed by atoms with E-state index in [0.29, 0.717) is 6.54 Å². The Morgan fingerprint density at radius 2 is 2.07 bits per heavy atom. The van der Waals surface area contributed by atoms with Crippen LogP contribution >= 0.6 is 0 Å². The van der Waals surface area contributed by atoms with Crippen LogP contribution in [0.1, 0.15) is 18.4 Å². The molecule has 0 bridgehead atoms. The lowest BCUT2D eigenvalue weighted by Gasteiger charge is -2.11. The van der Waals surface area contributed by atoms with Crippen molar-refractivity contribution in [2.45, 2.75) is 12.8 Å². The Bertz CT molecular complexity index is 287. The average Bonchev–Trinajstić information content (AvgIpc) is 2.26. The Labute approximate surface area is 83.1 Å². The van der Waals surface area contributed by atoms with Crippen molar-refractivity contribution in [3.05, 3.63) is 35.9 Å². The lowest BCUT2D eigenvalue weighted by Crippen LogP contribution is -2.28. The van der Waals surface area contributed by atoms with Crippen LogP contribution in [-0.4, -0.2) is 19.1 Å². The number of carbonyl (C=O) groups excluding carboxylic acids is 1. The molecule has 2 nitrogen and oxygen atoms in total. The van der Waals surface area contributed by atoms with Gasteiger partial charge in [-0.15, -0.1) is 0 Å². The van der Waals surface area contributed by atoms with Gasteiger partial charge in [0.25, 0.3) is 5.91 Å². The Hall–Kier alpha value is -1.38. The fourth-order valence-electron chi connectivity index (χ4n) is 1.21. The highest BCUT2D eigenvalue weighted by Crippen LogP contribution is 2.12. The fourth-order valence-corrected chi connectivity index (χ4v) is 1.21. The van der Waals surface area contributed by atoms with Crippen molar-refractivity contribution in [2.24, 2.45) is 0 Å². The number of alkyl halides is 1. The lowest BCUT2D eigenvalue weighted by molar-refractivity contribution is -0.121. The first-order valence-corrected chi connectivity index (χ1v) is 4.61. The van der Waals surface area contributed by atoms with Crippen LogP contribution in [0.15, 0.2) is 30.3 Å². The molecule has 76 valence electrons. The van der Waals surface area contributed by atoms with Crippen LogP contribution in [0.2, 0.25) is 0 Å². The van der Waals surface area contributed by atoms with E-state index in [1.165, 1.54) is 0 Å². The minimum atomic E-state index is -0.943. The molecule has 1 N–H and O–H groups in total. The van der Waals surface area contributed by atoms with E-state index in [0.717, 1.165) is 5.56 Å². The average molecular weight is 195 g/mol. The molecule has 0 saturated carbocycles. The maximum absolute atomic E-state index is 11.8. The van der Waals surface area contributed by atoms with Crippen LogP contribution in [0.3, 0.4) is 0 Å². The molecular formula is C11H14FNO. The van der Waals surface area contributed by atoms with Crippen LogP contribution in [0, 0.1) is 0 Å². The number of hydrogen-bond acceptors (Lipinski definition) is 1. The molecule has 0 unspecified atom stereocenters. The smallest absolute Gasteiger partial charge is 0.251 e. The molecular weight excluding hydrogens is 181 g/mol. The maximum Gasteiger partial charge on any atom is 0.251 e. The van der Waals surface area contributed by atoms with Gasteiger partial charge in [0, 0.05) is 6.54 Å². The summed E-state index contributed by atoms with van der Waals surface area (Å²) in [6, 6.07) is 9.82. The van der Waals surface area contributed by atoms with Crippen molar-refractivity contribution in [3.8, 4) is 0 Å². The van der Waals surface area contributed by atoms with E-state index in [4.69, 9.17) is 0 Å². The van der Waals surface area contributed by atoms with E-state index in [1.807, 2.05) is 37.3 Å². The summed E-state index contributed by atoms with van der Waals surface area (Å²) in [6.07, 6.45) is 0. The van der Waals surface area contributed by atoms with Crippen LogP contribution < -0.4 is 5.32 Å². The van der Waals surface area contributed by atoms with Crippen LogP contribution in [0.5, 0.6) is 0 Å². The predicted molar refractivity (Wildman–Crippen MR) is 53.8 cm³/mol. The van der Waals surface area contributed by atoms with Gasteiger partial charge in [-0.1, -0.05) is 37.3 Å². The number of halogens is 1. The number of nitrogens with one attached hydrogen (secondary N) is 1. The normalized spacial score (nSPS) is 12.1. The maximum atomic E-state index is 11.8. The van der Waals surface area contributed by atoms with Crippen molar-refractivity contribution in [2.75, 3.05) is 13.2 Å². The third-order valence-corrected chi connectivity index (χ3v) is 2.10. The highest BCUT2D eigenvalue weighted by Gasteiger charge is 2.06. The number of amides is 1. The van der Waals surface area contributed by atoms with Crippen molar-refractivity contribution in [3.63, 3.8) is 0 Å². The quantitative estimate of drug-likeness (QED) is 0.780. The van der Waals surface area contributed by atoms with Gasteiger partial charge < -0.3 is 5.32 Å². The Balaban J connectivity index is 2.43. The van der Waals surface area contributed by atoms with Crippen molar-refractivity contribution >= 4 is 5.91 Å². The number of benzene rings is 1. The Morgan fingerprint density at radius 1 is 1.43 bits per heavy atom. The van der Waals surface area contributed by atoms with Gasteiger partial charge in [-0.25, -0.2) is 4.39 Å². The van der Waals surface area contributed by atoms with E-state index in [2.05, 4.69) is 5.32 Å². The summed E-state index contributed by atoms with van der Waals surface area (Å²) in [5, 5.41) is 2.52. The van der Waals surface area contributed by atoms with Crippen LogP contribution in [0.4, 0.5) is 4.39 Å². The largest absolute Gasteiger partial charge is 0.353 e. The topological polar surface area (TPSA) is 29.1 Å². The van der Waals surface area contributed by atoms with Crippen LogP contribution in [0.25, 0.3) is 0 Å². The summed E-state index contributed by atoms with van der Waals surface area (Å²) in [7, 11) is 0. The highest BCUT2D eigenvalue weighted by molar-refractivity contribution is 5.77. The van der Waals surface area contributed by atoms with Gasteiger partial charge in [0.15, 0.2) is 6.67 Å². The zero-order valence-corrected chi connectivity index (χ0v) is 8.16. The third kappa shape index (κ3) is 3.17. The van der Waals surface area contributed by atoms with Gasteiger partial charge in [0.05, 0.1) is 0 Å². The summed E-state index contributed by atoms with van der Waals surface area (Å²) in [4.78, 5) is 10.7. The van der Waals surface area contributed by atoms with Crippen molar-refractivity contribution < 1.29 is 9.18 Å². The molecule has 0 heterocycles. The van der Waals surface area contributed by atoms with Gasteiger partial charge in [0.1, 0.15) is 0 Å². The number of carbonyl (C=O) groups is 1. The fraction of sp³-hybridized carbons (Fsp3) is 0.364. The predicted octanol–water partition coefficient (Wildman–Crippen LogP) is 1.88. The van der Waals surface area contributed by atoms with E-state index in [9.17, 15) is 9.18 Å². The molecule has 1 aromatic carbocycles. The molecule has 1 aromatic rings. The molecule has 0 saturated heterocycles. The molecule has 14 heavy (non-hydrogen) atoms. The number of hydrogen-bond donors (Lipinski definition) is 1. The second-order valence-corrected chi connectivity index (χ2v) is 3.25. The second-order valence-electron chi connectivity index (χ2n) is 3.25. The van der Waals surface area contributed by atoms with E-state index in [1.54, 1.807) is 0 Å².